The molecule has 2 aromatic rings. The molecule has 4 heteroatoms. The van der Waals surface area contributed by atoms with E-state index < -0.39 is 0 Å². The topological polar surface area (TPSA) is 34.1 Å². The first kappa shape index (κ1) is 10.9. The predicted molar refractivity (Wildman–Crippen MR) is 69.1 cm³/mol. The van der Waals surface area contributed by atoms with E-state index in [1.165, 1.54) is 11.1 Å². The van der Waals surface area contributed by atoms with E-state index in [9.17, 15) is 0 Å². The minimum atomic E-state index is 0.189. The van der Waals surface area contributed by atoms with Crippen molar-refractivity contribution in [3.63, 3.8) is 0 Å². The summed E-state index contributed by atoms with van der Waals surface area (Å²) in [6.07, 6.45) is 2.02. The molecule has 0 bridgehead atoms. The Morgan fingerprint density at radius 2 is 2.18 bits per heavy atom. The molecule has 88 valence electrons. The van der Waals surface area contributed by atoms with Gasteiger partial charge in [0.05, 0.1) is 12.7 Å². The number of nitrogens with one attached hydrogen (secondary N) is 1. The third-order valence-electron chi connectivity index (χ3n) is 2.89. The van der Waals surface area contributed by atoms with Gasteiger partial charge in [0.25, 0.3) is 0 Å². The Kier molecular flexibility index (Phi) is 3.18. The highest BCUT2D eigenvalue weighted by Gasteiger charge is 2.15. The van der Waals surface area contributed by atoms with Gasteiger partial charge in [-0.3, -0.25) is 0 Å². The van der Waals surface area contributed by atoms with Crippen molar-refractivity contribution in [1.82, 2.24) is 10.3 Å². The molecule has 1 unspecified atom stereocenters. The van der Waals surface area contributed by atoms with Crippen LogP contribution >= 0.6 is 11.3 Å². The predicted octanol–water partition coefficient (Wildman–Crippen LogP) is 2.47. The highest BCUT2D eigenvalue weighted by molar-refractivity contribution is 7.13. The van der Waals surface area contributed by atoms with Crippen molar-refractivity contribution in [3.8, 4) is 10.6 Å². The molecule has 1 fully saturated rings. The van der Waals surface area contributed by atoms with Crippen LogP contribution in [0.1, 0.15) is 11.7 Å². The summed E-state index contributed by atoms with van der Waals surface area (Å²) in [6, 6.07) is 8.50. The standard InChI is InChI=1S/C13H14N2OS/c1-3-11(13-15-6-8-17-13)4-2-10(1)12-9-14-5-7-16-12/h1-4,6,8,12,14H,5,7,9H2. The molecule has 1 saturated heterocycles. The highest BCUT2D eigenvalue weighted by Crippen LogP contribution is 2.25. The third-order valence-corrected chi connectivity index (χ3v) is 3.71. The smallest absolute Gasteiger partial charge is 0.123 e. The van der Waals surface area contributed by atoms with Gasteiger partial charge in [0.15, 0.2) is 0 Å². The molecule has 0 aliphatic carbocycles. The van der Waals surface area contributed by atoms with E-state index in [1.54, 1.807) is 11.3 Å². The van der Waals surface area contributed by atoms with Crippen molar-refractivity contribution in [2.24, 2.45) is 0 Å². The molecule has 1 aromatic heterocycles. The van der Waals surface area contributed by atoms with Crippen molar-refractivity contribution < 1.29 is 4.74 Å². The molecule has 1 aliphatic rings. The number of morpholine rings is 1. The molecular formula is C13H14N2OS. The molecule has 1 N–H and O–H groups in total. The fourth-order valence-corrected chi connectivity index (χ4v) is 2.63. The Bertz CT molecular complexity index is 461. The van der Waals surface area contributed by atoms with Gasteiger partial charge >= 0.3 is 0 Å². The zero-order chi connectivity index (χ0) is 11.5. The maximum atomic E-state index is 5.72. The van der Waals surface area contributed by atoms with E-state index in [0.29, 0.717) is 0 Å². The molecule has 2 heterocycles. The van der Waals surface area contributed by atoms with Gasteiger partial charge in [-0.1, -0.05) is 24.3 Å². The molecule has 1 atom stereocenters. The van der Waals surface area contributed by atoms with Crippen molar-refractivity contribution in [2.45, 2.75) is 6.10 Å². The molecular weight excluding hydrogens is 232 g/mol. The zero-order valence-electron chi connectivity index (χ0n) is 9.43. The maximum Gasteiger partial charge on any atom is 0.123 e. The van der Waals surface area contributed by atoms with Gasteiger partial charge in [0.2, 0.25) is 0 Å². The van der Waals surface area contributed by atoms with Crippen molar-refractivity contribution in [1.29, 1.82) is 0 Å². The van der Waals surface area contributed by atoms with Gasteiger partial charge in [0, 0.05) is 30.2 Å². The summed E-state index contributed by atoms with van der Waals surface area (Å²) in [6.45, 7) is 2.64. The molecule has 0 radical (unpaired) electrons. The molecule has 17 heavy (non-hydrogen) atoms. The van der Waals surface area contributed by atoms with Gasteiger partial charge < -0.3 is 10.1 Å². The van der Waals surface area contributed by atoms with Crippen LogP contribution in [0.3, 0.4) is 0 Å². The highest BCUT2D eigenvalue weighted by atomic mass is 32.1. The van der Waals surface area contributed by atoms with Gasteiger partial charge in [-0.25, -0.2) is 4.98 Å². The summed E-state index contributed by atoms with van der Waals surface area (Å²) >= 11 is 1.66. The SMILES string of the molecule is c1csc(-c2ccc(C3CNCCO3)cc2)n1. The van der Waals surface area contributed by atoms with Gasteiger partial charge in [-0.2, -0.15) is 0 Å². The molecule has 3 rings (SSSR count). The Morgan fingerprint density at radius 1 is 1.29 bits per heavy atom. The molecule has 0 saturated carbocycles. The van der Waals surface area contributed by atoms with Crippen LogP contribution in [0, 0.1) is 0 Å². The van der Waals surface area contributed by atoms with E-state index in [-0.39, 0.29) is 6.10 Å². The number of hydrogen-bond acceptors (Lipinski definition) is 4. The van der Waals surface area contributed by atoms with Gasteiger partial charge in [-0.15, -0.1) is 11.3 Å². The summed E-state index contributed by atoms with van der Waals surface area (Å²) < 4.78 is 5.72. The Labute approximate surface area is 104 Å². The lowest BCUT2D eigenvalue weighted by Crippen LogP contribution is -2.33. The number of hydrogen-bond donors (Lipinski definition) is 1. The Hall–Kier alpha value is -1.23. The maximum absolute atomic E-state index is 5.72. The second kappa shape index (κ2) is 4.96. The fourth-order valence-electron chi connectivity index (χ4n) is 1.99. The van der Waals surface area contributed by atoms with Gasteiger partial charge in [-0.05, 0) is 5.56 Å². The number of aromatic nitrogens is 1. The van der Waals surface area contributed by atoms with Crippen molar-refractivity contribution in [3.05, 3.63) is 41.4 Å². The summed E-state index contributed by atoms with van der Waals surface area (Å²) in [5.74, 6) is 0. The van der Waals surface area contributed by atoms with E-state index >= 15 is 0 Å². The first-order valence-corrected chi connectivity index (χ1v) is 6.63. The van der Waals surface area contributed by atoms with Crippen LogP contribution in [0.5, 0.6) is 0 Å². The number of benzene rings is 1. The van der Waals surface area contributed by atoms with E-state index in [0.717, 1.165) is 24.7 Å². The lowest BCUT2D eigenvalue weighted by Gasteiger charge is -2.23. The largest absolute Gasteiger partial charge is 0.371 e. The molecule has 1 aliphatic heterocycles. The summed E-state index contributed by atoms with van der Waals surface area (Å²) in [5.41, 5.74) is 2.41. The first-order valence-electron chi connectivity index (χ1n) is 5.75. The van der Waals surface area contributed by atoms with E-state index in [2.05, 4.69) is 34.6 Å². The minimum Gasteiger partial charge on any atom is -0.371 e. The van der Waals surface area contributed by atoms with Crippen LogP contribution in [0.4, 0.5) is 0 Å². The number of ether oxygens (including phenoxy) is 1. The zero-order valence-corrected chi connectivity index (χ0v) is 10.2. The lowest BCUT2D eigenvalue weighted by atomic mass is 10.1. The molecule has 1 aromatic carbocycles. The van der Waals surface area contributed by atoms with Crippen LogP contribution in [0.2, 0.25) is 0 Å². The molecule has 0 amide bonds. The molecule has 0 spiro atoms. The molecule has 3 nitrogen and oxygen atoms in total. The average Bonchev–Trinajstić information content (AvgIpc) is 2.94. The van der Waals surface area contributed by atoms with Crippen LogP contribution < -0.4 is 5.32 Å². The number of thiazole rings is 1. The lowest BCUT2D eigenvalue weighted by molar-refractivity contribution is 0.0277. The third kappa shape index (κ3) is 2.39. The normalized spacial score (nSPS) is 20.4. The van der Waals surface area contributed by atoms with Crippen LogP contribution in [0.15, 0.2) is 35.8 Å². The number of nitrogens with zero attached hydrogens (tertiary/aromatic N) is 1. The van der Waals surface area contributed by atoms with Crippen molar-refractivity contribution in [2.75, 3.05) is 19.7 Å². The fraction of sp³-hybridized carbons (Fsp3) is 0.308. The van der Waals surface area contributed by atoms with Crippen LogP contribution in [0.25, 0.3) is 10.6 Å². The van der Waals surface area contributed by atoms with Crippen molar-refractivity contribution >= 4 is 11.3 Å². The summed E-state index contributed by atoms with van der Waals surface area (Å²) in [5, 5.41) is 6.41. The number of rotatable bonds is 2. The second-order valence-corrected chi connectivity index (χ2v) is 4.92. The second-order valence-electron chi connectivity index (χ2n) is 4.02. The van der Waals surface area contributed by atoms with Crippen LogP contribution in [-0.2, 0) is 4.74 Å². The van der Waals surface area contributed by atoms with E-state index in [1.807, 2.05) is 11.6 Å². The van der Waals surface area contributed by atoms with Crippen LogP contribution in [-0.4, -0.2) is 24.7 Å². The first-order chi connectivity index (χ1) is 8.43. The Morgan fingerprint density at radius 3 is 2.82 bits per heavy atom. The Balaban J connectivity index is 1.80. The summed E-state index contributed by atoms with van der Waals surface area (Å²) in [4.78, 5) is 4.30. The monoisotopic (exact) mass is 246 g/mol. The average molecular weight is 246 g/mol. The summed E-state index contributed by atoms with van der Waals surface area (Å²) in [7, 11) is 0. The van der Waals surface area contributed by atoms with Gasteiger partial charge in [0.1, 0.15) is 5.01 Å². The quantitative estimate of drug-likeness (QED) is 0.884. The minimum absolute atomic E-state index is 0.189. The van der Waals surface area contributed by atoms with E-state index in [4.69, 9.17) is 4.74 Å².